The van der Waals surface area contributed by atoms with E-state index in [1.165, 1.54) is 36.8 Å². The quantitative estimate of drug-likeness (QED) is 0.774. The van der Waals surface area contributed by atoms with Crippen LogP contribution in [0.5, 0.6) is 0 Å². The lowest BCUT2D eigenvalue weighted by molar-refractivity contribution is -0.117. The van der Waals surface area contributed by atoms with E-state index in [0.717, 1.165) is 0 Å². The highest BCUT2D eigenvalue weighted by Crippen LogP contribution is 2.25. The lowest BCUT2D eigenvalue weighted by atomic mass is 10.1. The van der Waals surface area contributed by atoms with Gasteiger partial charge in [0.1, 0.15) is 6.33 Å². The summed E-state index contributed by atoms with van der Waals surface area (Å²) in [5.74, 6) is 1.25. The van der Waals surface area contributed by atoms with Gasteiger partial charge in [-0.25, -0.2) is 9.97 Å². The Balaban J connectivity index is 2.04. The molecule has 1 aromatic rings. The van der Waals surface area contributed by atoms with Crippen LogP contribution < -0.4 is 4.90 Å². The summed E-state index contributed by atoms with van der Waals surface area (Å²) in [5.41, 5.74) is 0. The summed E-state index contributed by atoms with van der Waals surface area (Å²) in [6.45, 7) is 2.10. The fourth-order valence-electron chi connectivity index (χ4n) is 1.82. The van der Waals surface area contributed by atoms with E-state index in [4.69, 9.17) is 0 Å². The number of anilines is 1. The van der Waals surface area contributed by atoms with Crippen molar-refractivity contribution in [2.24, 2.45) is 5.92 Å². The molecule has 1 aromatic heterocycles. The van der Waals surface area contributed by atoms with Gasteiger partial charge in [-0.3, -0.25) is 14.5 Å². The Morgan fingerprint density at radius 3 is 3.00 bits per heavy atom. The number of carbonyl (C=O) groups is 2. The standard InChI is InChI=1S/C11H14N4O2S2/c1-7(16)19-5-8-3-9(17)15(4-8)10-12-6-13-11(14-10)18-2/h6,8H,3-5H2,1-2H3. The Morgan fingerprint density at radius 1 is 1.53 bits per heavy atom. The van der Waals surface area contributed by atoms with Crippen LogP contribution in [0.3, 0.4) is 0 Å². The van der Waals surface area contributed by atoms with Gasteiger partial charge in [0.15, 0.2) is 10.3 Å². The first-order valence-corrected chi connectivity index (χ1v) is 7.98. The molecule has 0 radical (unpaired) electrons. The smallest absolute Gasteiger partial charge is 0.236 e. The van der Waals surface area contributed by atoms with Crippen LogP contribution >= 0.6 is 23.5 Å². The van der Waals surface area contributed by atoms with Gasteiger partial charge >= 0.3 is 0 Å². The van der Waals surface area contributed by atoms with Crippen molar-refractivity contribution in [1.82, 2.24) is 15.0 Å². The summed E-state index contributed by atoms with van der Waals surface area (Å²) in [6.07, 6.45) is 3.73. The SMILES string of the molecule is CSc1ncnc(N2CC(CSC(C)=O)CC2=O)n1. The largest absolute Gasteiger partial charge is 0.288 e. The van der Waals surface area contributed by atoms with E-state index in [1.54, 1.807) is 4.90 Å². The highest BCUT2D eigenvalue weighted by molar-refractivity contribution is 8.13. The molecule has 102 valence electrons. The molecular weight excluding hydrogens is 284 g/mol. The van der Waals surface area contributed by atoms with Crippen LogP contribution in [-0.2, 0) is 9.59 Å². The molecule has 19 heavy (non-hydrogen) atoms. The van der Waals surface area contributed by atoms with Crippen molar-refractivity contribution in [1.29, 1.82) is 0 Å². The molecule has 1 atom stereocenters. The molecule has 1 saturated heterocycles. The van der Waals surface area contributed by atoms with Gasteiger partial charge in [0.25, 0.3) is 0 Å². The number of rotatable bonds is 4. The summed E-state index contributed by atoms with van der Waals surface area (Å²) in [7, 11) is 0. The van der Waals surface area contributed by atoms with Crippen molar-refractivity contribution in [3.63, 3.8) is 0 Å². The van der Waals surface area contributed by atoms with E-state index in [2.05, 4.69) is 15.0 Å². The minimum Gasteiger partial charge on any atom is -0.288 e. The minimum absolute atomic E-state index is 0.00686. The van der Waals surface area contributed by atoms with Gasteiger partial charge in [-0.2, -0.15) is 4.98 Å². The maximum Gasteiger partial charge on any atom is 0.236 e. The van der Waals surface area contributed by atoms with E-state index in [9.17, 15) is 9.59 Å². The zero-order chi connectivity index (χ0) is 13.8. The molecule has 1 amide bonds. The highest BCUT2D eigenvalue weighted by Gasteiger charge is 2.32. The Hall–Kier alpha value is -1.15. The zero-order valence-corrected chi connectivity index (χ0v) is 12.3. The Bertz CT molecular complexity index is 497. The molecule has 0 bridgehead atoms. The lowest BCUT2D eigenvalue weighted by Crippen LogP contribution is -2.27. The third kappa shape index (κ3) is 3.66. The molecule has 0 aromatic carbocycles. The fraction of sp³-hybridized carbons (Fsp3) is 0.545. The van der Waals surface area contributed by atoms with Crippen LogP contribution in [0.2, 0.25) is 0 Å². The highest BCUT2D eigenvalue weighted by atomic mass is 32.2. The van der Waals surface area contributed by atoms with Gasteiger partial charge in [-0.1, -0.05) is 23.5 Å². The third-order valence-electron chi connectivity index (χ3n) is 2.69. The Kier molecular flexibility index (Phi) is 4.76. The van der Waals surface area contributed by atoms with Crippen LogP contribution in [0, 0.1) is 5.92 Å². The molecule has 6 nitrogen and oxygen atoms in total. The van der Waals surface area contributed by atoms with Crippen LogP contribution in [0.15, 0.2) is 11.5 Å². The summed E-state index contributed by atoms with van der Waals surface area (Å²) in [4.78, 5) is 36.7. The second-order valence-corrected chi connectivity index (χ2v) is 6.12. The molecule has 8 heteroatoms. The molecule has 2 rings (SSSR count). The topological polar surface area (TPSA) is 76.1 Å². The minimum atomic E-state index is 0.00686. The first-order chi connectivity index (χ1) is 9.10. The average Bonchev–Trinajstić information content (AvgIpc) is 2.78. The number of nitrogens with zero attached hydrogens (tertiary/aromatic N) is 4. The number of thioether (sulfide) groups is 2. The van der Waals surface area contributed by atoms with Crippen molar-refractivity contribution in [2.45, 2.75) is 18.5 Å². The van der Waals surface area contributed by atoms with Crippen molar-refractivity contribution >= 4 is 40.5 Å². The molecule has 0 spiro atoms. The fourth-order valence-corrected chi connectivity index (χ4v) is 2.84. The maximum atomic E-state index is 12.0. The predicted molar refractivity (Wildman–Crippen MR) is 75.2 cm³/mol. The molecule has 2 heterocycles. The molecule has 1 aliphatic heterocycles. The van der Waals surface area contributed by atoms with E-state index in [0.29, 0.717) is 29.8 Å². The van der Waals surface area contributed by atoms with Crippen LogP contribution in [0.4, 0.5) is 5.95 Å². The molecule has 0 N–H and O–H groups in total. The molecule has 1 unspecified atom stereocenters. The molecular formula is C11H14N4O2S2. The zero-order valence-electron chi connectivity index (χ0n) is 10.7. The average molecular weight is 298 g/mol. The van der Waals surface area contributed by atoms with Crippen LogP contribution in [0.1, 0.15) is 13.3 Å². The van der Waals surface area contributed by atoms with Gasteiger partial charge < -0.3 is 0 Å². The number of aromatic nitrogens is 3. The summed E-state index contributed by atoms with van der Waals surface area (Å²) in [6, 6.07) is 0. The molecule has 1 fully saturated rings. The normalized spacial score (nSPS) is 18.9. The van der Waals surface area contributed by atoms with E-state index in [-0.39, 0.29) is 16.9 Å². The summed E-state index contributed by atoms with van der Waals surface area (Å²) in [5, 5.41) is 0.676. The van der Waals surface area contributed by atoms with E-state index < -0.39 is 0 Å². The van der Waals surface area contributed by atoms with Gasteiger partial charge in [0, 0.05) is 25.6 Å². The Labute approximate surface area is 119 Å². The number of hydrogen-bond acceptors (Lipinski definition) is 7. The van der Waals surface area contributed by atoms with Crippen molar-refractivity contribution in [3.05, 3.63) is 6.33 Å². The van der Waals surface area contributed by atoms with Crippen LogP contribution in [0.25, 0.3) is 0 Å². The summed E-state index contributed by atoms with van der Waals surface area (Å²) < 4.78 is 0. The van der Waals surface area contributed by atoms with Gasteiger partial charge in [0.05, 0.1) is 0 Å². The molecule has 0 aliphatic carbocycles. The lowest BCUT2D eigenvalue weighted by Gasteiger charge is -2.14. The van der Waals surface area contributed by atoms with Crippen molar-refractivity contribution in [3.8, 4) is 0 Å². The third-order valence-corrected chi connectivity index (χ3v) is 4.29. The van der Waals surface area contributed by atoms with Crippen LogP contribution in [-0.4, -0.2) is 44.5 Å². The second-order valence-electron chi connectivity index (χ2n) is 4.15. The first-order valence-electron chi connectivity index (χ1n) is 5.77. The van der Waals surface area contributed by atoms with E-state index in [1.807, 2.05) is 6.26 Å². The monoisotopic (exact) mass is 298 g/mol. The number of carbonyl (C=O) groups excluding carboxylic acids is 2. The summed E-state index contributed by atoms with van der Waals surface area (Å²) >= 11 is 2.67. The Morgan fingerprint density at radius 2 is 2.32 bits per heavy atom. The van der Waals surface area contributed by atoms with Crippen molar-refractivity contribution in [2.75, 3.05) is 23.5 Å². The molecule has 0 saturated carbocycles. The van der Waals surface area contributed by atoms with Gasteiger partial charge in [0.2, 0.25) is 11.9 Å². The van der Waals surface area contributed by atoms with E-state index >= 15 is 0 Å². The molecule has 1 aliphatic rings. The predicted octanol–water partition coefficient (Wildman–Crippen LogP) is 1.23. The first kappa shape index (κ1) is 14.3. The van der Waals surface area contributed by atoms with Gasteiger partial charge in [-0.05, 0) is 12.2 Å². The number of amides is 1. The second kappa shape index (κ2) is 6.33. The number of hydrogen-bond donors (Lipinski definition) is 0. The maximum absolute atomic E-state index is 12.0. The van der Waals surface area contributed by atoms with Crippen molar-refractivity contribution < 1.29 is 9.59 Å². The van der Waals surface area contributed by atoms with Gasteiger partial charge in [-0.15, -0.1) is 0 Å².